The fourth-order valence-corrected chi connectivity index (χ4v) is 2.95. The molecule has 2 amide bonds. The second kappa shape index (κ2) is 6.20. The first-order valence-electron chi connectivity index (χ1n) is 6.01. The molecule has 0 saturated carbocycles. The summed E-state index contributed by atoms with van der Waals surface area (Å²) in [5.41, 5.74) is 0. The molecule has 0 unspecified atom stereocenters. The highest BCUT2D eigenvalue weighted by Gasteiger charge is 2.25. The Labute approximate surface area is 103 Å². The third kappa shape index (κ3) is 3.85. The van der Waals surface area contributed by atoms with Crippen molar-refractivity contribution in [2.24, 2.45) is 0 Å². The van der Waals surface area contributed by atoms with E-state index in [1.807, 2.05) is 6.92 Å². The van der Waals surface area contributed by atoms with E-state index < -0.39 is 10.0 Å². The van der Waals surface area contributed by atoms with Gasteiger partial charge in [-0.2, -0.15) is 0 Å². The molecule has 0 aromatic rings. The topological polar surface area (TPSA) is 69.7 Å². The minimum Gasteiger partial charge on any atom is -0.338 e. The highest BCUT2D eigenvalue weighted by molar-refractivity contribution is 7.89. The van der Waals surface area contributed by atoms with Gasteiger partial charge >= 0.3 is 6.03 Å². The normalized spacial score (nSPS) is 18.8. The van der Waals surface area contributed by atoms with Crippen LogP contribution in [0.25, 0.3) is 0 Å². The van der Waals surface area contributed by atoms with Gasteiger partial charge in [0.15, 0.2) is 0 Å². The summed E-state index contributed by atoms with van der Waals surface area (Å²) < 4.78 is 24.9. The molecule has 0 radical (unpaired) electrons. The van der Waals surface area contributed by atoms with Crippen LogP contribution in [0.4, 0.5) is 4.79 Å². The Morgan fingerprint density at radius 3 is 2.47 bits per heavy atom. The Hall–Kier alpha value is -0.820. The summed E-state index contributed by atoms with van der Waals surface area (Å²) in [6.45, 7) is 6.07. The van der Waals surface area contributed by atoms with Crippen molar-refractivity contribution in [1.29, 1.82) is 0 Å². The van der Waals surface area contributed by atoms with Crippen molar-refractivity contribution in [3.63, 3.8) is 0 Å². The van der Waals surface area contributed by atoms with Crippen molar-refractivity contribution in [2.45, 2.75) is 20.3 Å². The standard InChI is InChI=1S/C10H21N3O3S/c1-3-11-10(14)12-6-5-7-13(9-8-12)17(15,16)4-2/h3-9H2,1-2H3,(H,11,14). The first kappa shape index (κ1) is 14.2. The van der Waals surface area contributed by atoms with Gasteiger partial charge in [-0.3, -0.25) is 0 Å². The fourth-order valence-electron chi connectivity index (χ4n) is 1.82. The number of urea groups is 1. The molecule has 0 bridgehead atoms. The zero-order chi connectivity index (χ0) is 12.9. The molecule has 1 aliphatic heterocycles. The SMILES string of the molecule is CCNC(=O)N1CCCN(S(=O)(=O)CC)CC1. The van der Waals surface area contributed by atoms with Crippen LogP contribution in [0.15, 0.2) is 0 Å². The first-order valence-corrected chi connectivity index (χ1v) is 7.62. The quantitative estimate of drug-likeness (QED) is 0.783. The Kier molecular flexibility index (Phi) is 5.20. The van der Waals surface area contributed by atoms with Crippen LogP contribution in [0.5, 0.6) is 0 Å². The molecular formula is C10H21N3O3S. The summed E-state index contributed by atoms with van der Waals surface area (Å²) in [5.74, 6) is 0.119. The van der Waals surface area contributed by atoms with Crippen LogP contribution in [-0.2, 0) is 10.0 Å². The number of hydrogen-bond donors (Lipinski definition) is 1. The van der Waals surface area contributed by atoms with Gasteiger partial charge in [-0.15, -0.1) is 0 Å². The summed E-state index contributed by atoms with van der Waals surface area (Å²) in [7, 11) is -3.13. The van der Waals surface area contributed by atoms with E-state index in [-0.39, 0.29) is 11.8 Å². The summed E-state index contributed by atoms with van der Waals surface area (Å²) in [6, 6.07) is -0.108. The van der Waals surface area contributed by atoms with Crippen LogP contribution in [0.3, 0.4) is 0 Å². The summed E-state index contributed by atoms with van der Waals surface area (Å²) >= 11 is 0. The average Bonchev–Trinajstić information content (AvgIpc) is 2.55. The van der Waals surface area contributed by atoms with Crippen LogP contribution < -0.4 is 5.32 Å². The van der Waals surface area contributed by atoms with Gasteiger partial charge in [0.05, 0.1) is 5.75 Å². The molecule has 0 aliphatic carbocycles. The van der Waals surface area contributed by atoms with Crippen molar-refractivity contribution >= 4 is 16.1 Å². The molecule has 1 saturated heterocycles. The Morgan fingerprint density at radius 2 is 1.88 bits per heavy atom. The highest BCUT2D eigenvalue weighted by atomic mass is 32.2. The van der Waals surface area contributed by atoms with Gasteiger partial charge in [-0.05, 0) is 20.3 Å². The number of hydrogen-bond acceptors (Lipinski definition) is 3. The molecule has 1 aliphatic rings. The van der Waals surface area contributed by atoms with Crippen LogP contribution in [0.2, 0.25) is 0 Å². The van der Waals surface area contributed by atoms with E-state index >= 15 is 0 Å². The van der Waals surface area contributed by atoms with E-state index in [4.69, 9.17) is 0 Å². The zero-order valence-corrected chi connectivity index (χ0v) is 11.3. The predicted octanol–water partition coefficient (Wildman–Crippen LogP) is 0.0733. The molecular weight excluding hydrogens is 242 g/mol. The van der Waals surface area contributed by atoms with E-state index in [0.29, 0.717) is 39.1 Å². The third-order valence-electron chi connectivity index (χ3n) is 2.83. The number of sulfonamides is 1. The van der Waals surface area contributed by atoms with Crippen molar-refractivity contribution in [2.75, 3.05) is 38.5 Å². The number of nitrogens with one attached hydrogen (secondary N) is 1. The van der Waals surface area contributed by atoms with Crippen molar-refractivity contribution < 1.29 is 13.2 Å². The van der Waals surface area contributed by atoms with Crippen LogP contribution in [0.1, 0.15) is 20.3 Å². The van der Waals surface area contributed by atoms with Gasteiger partial charge in [0.1, 0.15) is 0 Å². The Morgan fingerprint density at radius 1 is 1.18 bits per heavy atom. The highest BCUT2D eigenvalue weighted by Crippen LogP contribution is 2.08. The minimum atomic E-state index is -3.13. The maximum Gasteiger partial charge on any atom is 0.317 e. The lowest BCUT2D eigenvalue weighted by molar-refractivity contribution is 0.201. The number of carbonyl (C=O) groups excluding carboxylic acids is 1. The van der Waals surface area contributed by atoms with Gasteiger partial charge in [0, 0.05) is 32.7 Å². The third-order valence-corrected chi connectivity index (χ3v) is 4.71. The second-order valence-electron chi connectivity index (χ2n) is 3.98. The smallest absolute Gasteiger partial charge is 0.317 e. The molecule has 1 N–H and O–H groups in total. The van der Waals surface area contributed by atoms with Gasteiger partial charge in [-0.25, -0.2) is 17.5 Å². The van der Waals surface area contributed by atoms with E-state index in [1.165, 1.54) is 4.31 Å². The molecule has 17 heavy (non-hydrogen) atoms. The zero-order valence-electron chi connectivity index (χ0n) is 10.5. The molecule has 7 heteroatoms. The second-order valence-corrected chi connectivity index (χ2v) is 6.23. The molecule has 0 aromatic carbocycles. The van der Waals surface area contributed by atoms with Crippen LogP contribution >= 0.6 is 0 Å². The van der Waals surface area contributed by atoms with Crippen LogP contribution in [-0.4, -0.2) is 62.1 Å². The lowest BCUT2D eigenvalue weighted by atomic mass is 10.4. The predicted molar refractivity (Wildman–Crippen MR) is 66.3 cm³/mol. The molecule has 100 valence electrons. The summed E-state index contributed by atoms with van der Waals surface area (Å²) in [5, 5.41) is 2.73. The lowest BCUT2D eigenvalue weighted by Gasteiger charge is -2.21. The number of nitrogens with zero attached hydrogens (tertiary/aromatic N) is 2. The molecule has 0 spiro atoms. The maximum atomic E-state index is 11.7. The molecule has 1 heterocycles. The molecule has 0 aromatic heterocycles. The molecule has 1 rings (SSSR count). The van der Waals surface area contributed by atoms with E-state index in [2.05, 4.69) is 5.32 Å². The number of rotatable bonds is 3. The van der Waals surface area contributed by atoms with Crippen molar-refractivity contribution in [3.8, 4) is 0 Å². The lowest BCUT2D eigenvalue weighted by Crippen LogP contribution is -2.42. The van der Waals surface area contributed by atoms with Crippen molar-refractivity contribution in [3.05, 3.63) is 0 Å². The van der Waals surface area contributed by atoms with E-state index in [9.17, 15) is 13.2 Å². The van der Waals surface area contributed by atoms with Gasteiger partial charge in [-0.1, -0.05) is 0 Å². The van der Waals surface area contributed by atoms with E-state index in [0.717, 1.165) is 0 Å². The Balaban J connectivity index is 2.59. The summed E-state index contributed by atoms with van der Waals surface area (Å²) in [6.07, 6.45) is 0.691. The fraction of sp³-hybridized carbons (Fsp3) is 0.900. The van der Waals surface area contributed by atoms with E-state index in [1.54, 1.807) is 11.8 Å². The minimum absolute atomic E-state index is 0.108. The van der Waals surface area contributed by atoms with Crippen LogP contribution in [0, 0.1) is 0 Å². The molecule has 0 atom stereocenters. The Bertz CT molecular complexity index is 356. The molecule has 6 nitrogen and oxygen atoms in total. The number of carbonyl (C=O) groups is 1. The molecule has 1 fully saturated rings. The van der Waals surface area contributed by atoms with Gasteiger partial charge in [0.2, 0.25) is 10.0 Å². The van der Waals surface area contributed by atoms with Gasteiger partial charge in [0.25, 0.3) is 0 Å². The average molecular weight is 263 g/mol. The number of amides is 2. The first-order chi connectivity index (χ1) is 8.01. The maximum absolute atomic E-state index is 11.7. The largest absolute Gasteiger partial charge is 0.338 e. The van der Waals surface area contributed by atoms with Gasteiger partial charge < -0.3 is 10.2 Å². The van der Waals surface area contributed by atoms with Crippen molar-refractivity contribution in [1.82, 2.24) is 14.5 Å². The monoisotopic (exact) mass is 263 g/mol. The summed E-state index contributed by atoms with van der Waals surface area (Å²) in [4.78, 5) is 13.3.